The SMILES string of the molecule is CCCCCCCC(CCCCCCC)COC(=O)[C@H](Cc1cc(F)cc(F)c1)NP(=O)(OC[C@](C)(CCn1cnc2c(N)nc(F)nc21)OC)Oc1ccccc1. The van der Waals surface area contributed by atoms with Crippen LogP contribution in [-0.2, 0) is 36.3 Å². The molecule has 2 heterocycles. The van der Waals surface area contributed by atoms with Gasteiger partial charge in [-0.1, -0.05) is 96.3 Å². The molecule has 2 aromatic carbocycles. The highest BCUT2D eigenvalue weighted by Gasteiger charge is 2.38. The van der Waals surface area contributed by atoms with Crippen LogP contribution in [0.2, 0.25) is 0 Å². The van der Waals surface area contributed by atoms with Gasteiger partial charge in [-0.3, -0.25) is 9.32 Å². The summed E-state index contributed by atoms with van der Waals surface area (Å²) in [7, 11) is -3.03. The number of hydrogen-bond acceptors (Lipinski definition) is 10. The second-order valence-electron chi connectivity index (χ2n) is 15.1. The van der Waals surface area contributed by atoms with Gasteiger partial charge < -0.3 is 24.3 Å². The Morgan fingerprint density at radius 3 is 2.19 bits per heavy atom. The number of nitrogen functional groups attached to an aromatic ring is 1. The third-order valence-electron chi connectivity index (χ3n) is 10.2. The summed E-state index contributed by atoms with van der Waals surface area (Å²) in [6.45, 7) is 6.12. The largest absolute Gasteiger partial charge is 0.464 e. The summed E-state index contributed by atoms with van der Waals surface area (Å²) in [5, 5.41) is 2.77. The second kappa shape index (κ2) is 23.5. The van der Waals surface area contributed by atoms with E-state index in [1.807, 2.05) is 0 Å². The number of carbonyl (C=O) groups is 1. The predicted octanol–water partition coefficient (Wildman–Crippen LogP) is 9.91. The summed E-state index contributed by atoms with van der Waals surface area (Å²) in [4.78, 5) is 25.6. The van der Waals surface area contributed by atoms with Crippen LogP contribution in [0.3, 0.4) is 0 Å². The summed E-state index contributed by atoms with van der Waals surface area (Å²) in [6.07, 6.45) is 13.4. The van der Waals surface area contributed by atoms with Crippen molar-refractivity contribution < 1.29 is 41.1 Å². The van der Waals surface area contributed by atoms with Gasteiger partial charge in [0.1, 0.15) is 28.9 Å². The second-order valence-corrected chi connectivity index (χ2v) is 16.8. The molecule has 0 saturated heterocycles. The number of aromatic nitrogens is 4. The predicted molar refractivity (Wildman–Crippen MR) is 219 cm³/mol. The van der Waals surface area contributed by atoms with Crippen molar-refractivity contribution in [3.63, 3.8) is 0 Å². The van der Waals surface area contributed by atoms with Gasteiger partial charge in [-0.05, 0) is 68.4 Å². The number of anilines is 1. The van der Waals surface area contributed by atoms with E-state index in [1.165, 1.54) is 26.3 Å². The molecule has 12 nitrogen and oxygen atoms in total. The number of carbonyl (C=O) groups excluding carboxylic acids is 1. The highest BCUT2D eigenvalue weighted by molar-refractivity contribution is 7.52. The molecule has 3 atom stereocenters. The van der Waals surface area contributed by atoms with Crippen LogP contribution < -0.4 is 15.3 Å². The number of nitrogens with two attached hydrogens (primary N) is 1. The Balaban J connectivity index is 1.55. The first-order valence-electron chi connectivity index (χ1n) is 20.4. The Morgan fingerprint density at radius 2 is 1.57 bits per heavy atom. The van der Waals surface area contributed by atoms with E-state index in [-0.39, 0.29) is 66.8 Å². The van der Waals surface area contributed by atoms with Gasteiger partial charge in [0.25, 0.3) is 0 Å². The van der Waals surface area contributed by atoms with Crippen LogP contribution in [0.25, 0.3) is 11.2 Å². The molecule has 0 radical (unpaired) electrons. The van der Waals surface area contributed by atoms with Crippen molar-refractivity contribution in [3.8, 4) is 5.75 Å². The van der Waals surface area contributed by atoms with Crippen LogP contribution in [-0.4, -0.2) is 57.5 Å². The zero-order chi connectivity index (χ0) is 42.0. The van der Waals surface area contributed by atoms with Gasteiger partial charge in [0.15, 0.2) is 11.5 Å². The van der Waals surface area contributed by atoms with Crippen molar-refractivity contribution >= 4 is 30.7 Å². The molecule has 58 heavy (non-hydrogen) atoms. The molecule has 16 heteroatoms. The Bertz CT molecular complexity index is 1870. The molecule has 4 rings (SSSR count). The lowest BCUT2D eigenvalue weighted by molar-refractivity contribution is -0.147. The van der Waals surface area contributed by atoms with Crippen LogP contribution in [0.5, 0.6) is 5.75 Å². The smallest absolute Gasteiger partial charge is 0.459 e. The Hall–Kier alpha value is -4.04. The fourth-order valence-corrected chi connectivity index (χ4v) is 8.25. The fourth-order valence-electron chi connectivity index (χ4n) is 6.65. The number of rotatable bonds is 28. The first-order valence-corrected chi connectivity index (χ1v) is 22.0. The summed E-state index contributed by atoms with van der Waals surface area (Å²) in [5.74, 6) is -2.21. The topological polar surface area (TPSA) is 153 Å². The van der Waals surface area contributed by atoms with E-state index in [4.69, 9.17) is 24.3 Å². The van der Waals surface area contributed by atoms with Gasteiger partial charge in [-0.2, -0.15) is 19.4 Å². The Morgan fingerprint density at radius 1 is 0.931 bits per heavy atom. The maximum atomic E-state index is 14.8. The summed E-state index contributed by atoms with van der Waals surface area (Å²) in [6, 6.07) is 9.82. The monoisotopic (exact) mass is 832 g/mol. The maximum Gasteiger partial charge on any atom is 0.459 e. The summed E-state index contributed by atoms with van der Waals surface area (Å²) < 4.78 is 83.0. The van der Waals surface area contributed by atoms with Crippen LogP contribution in [0, 0.1) is 23.6 Å². The average molecular weight is 833 g/mol. The molecule has 0 spiro atoms. The quantitative estimate of drug-likeness (QED) is 0.0243. The molecule has 0 amide bonds. The van der Waals surface area contributed by atoms with E-state index < -0.39 is 43.1 Å². The highest BCUT2D eigenvalue weighted by atomic mass is 31.2. The first-order chi connectivity index (χ1) is 27.9. The number of imidazole rings is 1. The first kappa shape index (κ1) is 46.6. The van der Waals surface area contributed by atoms with E-state index in [0.717, 1.165) is 82.4 Å². The molecule has 0 fully saturated rings. The molecule has 320 valence electrons. The van der Waals surface area contributed by atoms with Crippen LogP contribution >= 0.6 is 7.75 Å². The molecule has 0 saturated carbocycles. The number of nitrogens with zero attached hydrogens (tertiary/aromatic N) is 4. The molecule has 0 aliphatic carbocycles. The van der Waals surface area contributed by atoms with E-state index in [1.54, 1.807) is 41.8 Å². The molecule has 0 bridgehead atoms. The minimum Gasteiger partial charge on any atom is -0.464 e. The third-order valence-corrected chi connectivity index (χ3v) is 11.7. The molecule has 0 aliphatic heterocycles. The lowest BCUT2D eigenvalue weighted by Gasteiger charge is -2.31. The zero-order valence-corrected chi connectivity index (χ0v) is 35.2. The zero-order valence-electron chi connectivity index (χ0n) is 34.3. The number of hydrogen-bond donors (Lipinski definition) is 2. The van der Waals surface area contributed by atoms with Gasteiger partial charge in [0.2, 0.25) is 0 Å². The van der Waals surface area contributed by atoms with Crippen molar-refractivity contribution in [2.75, 3.05) is 26.1 Å². The molecule has 4 aromatic rings. The number of fused-ring (bicyclic) bond motifs is 1. The van der Waals surface area contributed by atoms with Crippen molar-refractivity contribution in [2.45, 2.75) is 129 Å². The summed E-state index contributed by atoms with van der Waals surface area (Å²) >= 11 is 0. The molecular weight excluding hydrogens is 772 g/mol. The molecule has 3 N–H and O–H groups in total. The number of para-hydroxylation sites is 1. The van der Waals surface area contributed by atoms with Crippen LogP contribution in [0.15, 0.2) is 54.9 Å². The van der Waals surface area contributed by atoms with Crippen molar-refractivity contribution in [2.24, 2.45) is 5.92 Å². The van der Waals surface area contributed by atoms with Crippen molar-refractivity contribution in [1.82, 2.24) is 24.6 Å². The summed E-state index contributed by atoms with van der Waals surface area (Å²) in [5.41, 5.74) is 5.28. The van der Waals surface area contributed by atoms with Crippen molar-refractivity contribution in [1.29, 1.82) is 0 Å². The van der Waals surface area contributed by atoms with Crippen LogP contribution in [0.4, 0.5) is 19.0 Å². The van der Waals surface area contributed by atoms with E-state index in [2.05, 4.69) is 33.9 Å². The highest BCUT2D eigenvalue weighted by Crippen LogP contribution is 2.46. The van der Waals surface area contributed by atoms with E-state index >= 15 is 0 Å². The lowest BCUT2D eigenvalue weighted by Crippen LogP contribution is -2.41. The fraction of sp³-hybridized carbons (Fsp3) is 0.571. The molecular formula is C42H60F3N6O6P. The number of esters is 1. The van der Waals surface area contributed by atoms with Gasteiger partial charge in [0.05, 0.1) is 25.1 Å². The third kappa shape index (κ3) is 15.3. The minimum atomic E-state index is -4.49. The van der Waals surface area contributed by atoms with Gasteiger partial charge >= 0.3 is 19.8 Å². The Labute approximate surface area is 340 Å². The number of benzene rings is 2. The number of aryl methyl sites for hydroxylation is 1. The number of nitrogens with one attached hydrogen (secondary N) is 1. The van der Waals surface area contributed by atoms with Gasteiger partial charge in [-0.15, -0.1) is 0 Å². The number of methoxy groups -OCH3 is 1. The Kier molecular flexibility index (Phi) is 18.9. The van der Waals surface area contributed by atoms with Crippen molar-refractivity contribution in [3.05, 3.63) is 78.1 Å². The van der Waals surface area contributed by atoms with Crippen LogP contribution in [0.1, 0.15) is 110 Å². The van der Waals surface area contributed by atoms with E-state index in [0.29, 0.717) is 0 Å². The van der Waals surface area contributed by atoms with Gasteiger partial charge in [0, 0.05) is 19.7 Å². The van der Waals surface area contributed by atoms with E-state index in [9.17, 15) is 22.5 Å². The van der Waals surface area contributed by atoms with Gasteiger partial charge in [-0.25, -0.2) is 18.3 Å². The average Bonchev–Trinajstić information content (AvgIpc) is 3.60. The number of unbranched alkanes of at least 4 members (excludes halogenated alkanes) is 8. The maximum absolute atomic E-state index is 14.8. The lowest BCUT2D eigenvalue weighted by atomic mass is 9.95. The normalized spacial score (nSPS) is 14.3. The number of ether oxygens (including phenoxy) is 2. The molecule has 0 aliphatic rings. The minimum absolute atomic E-state index is 0.0986. The molecule has 2 aromatic heterocycles. The standard InChI is InChI=1S/C42H60F3N6O6P/c1-5-7-9-11-14-18-31(19-15-12-10-8-6-2)28-55-40(52)36(26-32-24-33(43)27-34(44)25-32)50-58(53,57-35-20-16-13-17-21-35)56-29-42(3,54-4)22-23-51-30-47-37-38(46)48-41(45)49-39(37)51/h13,16-17,20-21,24-25,27,30-31,36H,5-12,14-15,18-19,22-23,26,28-29H2,1-4H3,(H,50,53)(H2,46,48,49)/t36-,42-,58?/m0/s1. The number of halogens is 3. The molecule has 1 unspecified atom stereocenters.